The molecule has 1 atom stereocenters. The molecule has 2 rings (SSSR count). The molecule has 0 spiro atoms. The zero-order valence-electron chi connectivity index (χ0n) is 7.46. The zero-order valence-corrected chi connectivity index (χ0v) is 7.46. The van der Waals surface area contributed by atoms with E-state index < -0.39 is 0 Å². The summed E-state index contributed by atoms with van der Waals surface area (Å²) in [5.74, 6) is 0. The van der Waals surface area contributed by atoms with Crippen LogP contribution >= 0.6 is 0 Å². The van der Waals surface area contributed by atoms with E-state index in [0.717, 1.165) is 26.1 Å². The molecule has 3 heteroatoms. The molecule has 12 heavy (non-hydrogen) atoms. The Bertz CT molecular complexity index is 139. The zero-order chi connectivity index (χ0) is 8.39. The smallest absolute Gasteiger partial charge is 0.0619 e. The van der Waals surface area contributed by atoms with E-state index in [1.807, 2.05) is 0 Å². The summed E-state index contributed by atoms with van der Waals surface area (Å²) in [7, 11) is 0. The Hall–Kier alpha value is -0.120. The van der Waals surface area contributed by atoms with Crippen molar-refractivity contribution < 1.29 is 4.74 Å². The molecule has 1 saturated carbocycles. The van der Waals surface area contributed by atoms with Crippen molar-refractivity contribution >= 4 is 0 Å². The van der Waals surface area contributed by atoms with Crippen LogP contribution in [0.2, 0.25) is 0 Å². The molecule has 1 heterocycles. The fraction of sp³-hybridized carbons (Fsp3) is 1.00. The van der Waals surface area contributed by atoms with E-state index in [9.17, 15) is 0 Å². The van der Waals surface area contributed by atoms with Gasteiger partial charge in [-0.15, -0.1) is 0 Å². The predicted molar refractivity (Wildman–Crippen MR) is 48.0 cm³/mol. The summed E-state index contributed by atoms with van der Waals surface area (Å²) in [5.41, 5.74) is 5.70. The Morgan fingerprint density at radius 1 is 1.25 bits per heavy atom. The van der Waals surface area contributed by atoms with E-state index in [4.69, 9.17) is 10.5 Å². The Morgan fingerprint density at radius 3 is 2.67 bits per heavy atom. The average Bonchev–Trinajstić information content (AvgIpc) is 2.04. The number of hydrogen-bond donors (Lipinski definition) is 2. The van der Waals surface area contributed by atoms with Gasteiger partial charge >= 0.3 is 0 Å². The molecule has 0 aromatic rings. The van der Waals surface area contributed by atoms with Crippen LogP contribution in [0.25, 0.3) is 0 Å². The molecule has 3 N–H and O–H groups in total. The van der Waals surface area contributed by atoms with Crippen LogP contribution in [0.1, 0.15) is 25.7 Å². The Balaban J connectivity index is 1.65. The fourth-order valence-corrected chi connectivity index (χ4v) is 2.00. The van der Waals surface area contributed by atoms with E-state index in [0.29, 0.717) is 18.1 Å². The molecule has 1 aliphatic heterocycles. The molecule has 0 radical (unpaired) electrons. The molecule has 2 fully saturated rings. The van der Waals surface area contributed by atoms with Gasteiger partial charge in [0.1, 0.15) is 0 Å². The van der Waals surface area contributed by atoms with Gasteiger partial charge in [-0.25, -0.2) is 0 Å². The molecule has 0 aromatic carbocycles. The highest BCUT2D eigenvalue weighted by Gasteiger charge is 2.28. The van der Waals surface area contributed by atoms with Crippen LogP contribution < -0.4 is 11.1 Å². The van der Waals surface area contributed by atoms with Gasteiger partial charge in [-0.05, 0) is 25.7 Å². The summed E-state index contributed by atoms with van der Waals surface area (Å²) in [6, 6.07) is 1.72. The highest BCUT2D eigenvalue weighted by Crippen LogP contribution is 2.19. The van der Waals surface area contributed by atoms with Crippen molar-refractivity contribution in [2.75, 3.05) is 13.2 Å². The second-order valence-corrected chi connectivity index (χ2v) is 4.01. The minimum Gasteiger partial charge on any atom is -0.380 e. The Labute approximate surface area is 73.7 Å². The van der Waals surface area contributed by atoms with E-state index in [-0.39, 0.29) is 0 Å². The third kappa shape index (κ3) is 1.97. The first-order chi connectivity index (χ1) is 5.84. The number of nitrogens with one attached hydrogen (secondary N) is 1. The van der Waals surface area contributed by atoms with Gasteiger partial charge in [0.2, 0.25) is 0 Å². The van der Waals surface area contributed by atoms with Gasteiger partial charge in [-0.3, -0.25) is 0 Å². The molecule has 70 valence electrons. The first-order valence-electron chi connectivity index (χ1n) is 4.94. The topological polar surface area (TPSA) is 47.3 Å². The van der Waals surface area contributed by atoms with Crippen LogP contribution in [-0.2, 0) is 4.74 Å². The first-order valence-corrected chi connectivity index (χ1v) is 4.94. The summed E-state index contributed by atoms with van der Waals surface area (Å²) in [4.78, 5) is 0. The average molecular weight is 170 g/mol. The van der Waals surface area contributed by atoms with Crippen LogP contribution in [0.3, 0.4) is 0 Å². The van der Waals surface area contributed by atoms with Crippen molar-refractivity contribution in [1.82, 2.24) is 5.32 Å². The van der Waals surface area contributed by atoms with Crippen LogP contribution in [-0.4, -0.2) is 31.3 Å². The van der Waals surface area contributed by atoms with Crippen LogP contribution in [0.4, 0.5) is 0 Å². The molecule has 1 unspecified atom stereocenters. The summed E-state index contributed by atoms with van der Waals surface area (Å²) in [6.45, 7) is 1.84. The van der Waals surface area contributed by atoms with Crippen molar-refractivity contribution in [1.29, 1.82) is 0 Å². The van der Waals surface area contributed by atoms with E-state index >= 15 is 0 Å². The van der Waals surface area contributed by atoms with Gasteiger partial charge in [0.25, 0.3) is 0 Å². The van der Waals surface area contributed by atoms with Gasteiger partial charge in [0.15, 0.2) is 0 Å². The molecule has 0 aromatic heterocycles. The molecule has 0 bridgehead atoms. The monoisotopic (exact) mass is 170 g/mol. The van der Waals surface area contributed by atoms with Gasteiger partial charge < -0.3 is 15.8 Å². The number of ether oxygens (including phenoxy) is 1. The van der Waals surface area contributed by atoms with Gasteiger partial charge in [0, 0.05) is 24.7 Å². The minimum atomic E-state index is 0.451. The summed E-state index contributed by atoms with van der Waals surface area (Å²) in [6.07, 6.45) is 4.77. The summed E-state index contributed by atoms with van der Waals surface area (Å²) in [5, 5.41) is 3.58. The van der Waals surface area contributed by atoms with Gasteiger partial charge in [-0.1, -0.05) is 0 Å². The quantitative estimate of drug-likeness (QED) is 0.624. The van der Waals surface area contributed by atoms with E-state index in [1.54, 1.807) is 0 Å². The van der Waals surface area contributed by atoms with E-state index in [2.05, 4.69) is 5.32 Å². The lowest BCUT2D eigenvalue weighted by Crippen LogP contribution is -2.53. The Morgan fingerprint density at radius 2 is 2.08 bits per heavy atom. The maximum atomic E-state index is 5.70. The lowest BCUT2D eigenvalue weighted by atomic mass is 9.87. The molecule has 0 amide bonds. The maximum Gasteiger partial charge on any atom is 0.0619 e. The third-order valence-corrected chi connectivity index (χ3v) is 2.81. The standard InChI is InChI=1S/C9H18N2O/c10-7-4-9(5-7)11-8-2-1-3-12-6-8/h7-9,11H,1-6,10H2. The molecule has 2 aliphatic rings. The van der Waals surface area contributed by atoms with Crippen LogP contribution in [0.5, 0.6) is 0 Å². The van der Waals surface area contributed by atoms with E-state index in [1.165, 1.54) is 12.8 Å². The molecule has 3 nitrogen and oxygen atoms in total. The Kier molecular flexibility index (Phi) is 2.63. The number of rotatable bonds is 2. The number of hydrogen-bond acceptors (Lipinski definition) is 3. The van der Waals surface area contributed by atoms with Gasteiger partial charge in [0.05, 0.1) is 6.61 Å². The lowest BCUT2D eigenvalue weighted by Gasteiger charge is -2.37. The molecular weight excluding hydrogens is 152 g/mol. The summed E-state index contributed by atoms with van der Waals surface area (Å²) < 4.78 is 5.38. The molecule has 1 aliphatic carbocycles. The highest BCUT2D eigenvalue weighted by atomic mass is 16.5. The van der Waals surface area contributed by atoms with Crippen LogP contribution in [0.15, 0.2) is 0 Å². The predicted octanol–water partition coefficient (Wildman–Crippen LogP) is 0.245. The van der Waals surface area contributed by atoms with Crippen molar-refractivity contribution in [2.24, 2.45) is 5.73 Å². The minimum absolute atomic E-state index is 0.451. The van der Waals surface area contributed by atoms with Crippen LogP contribution in [0, 0.1) is 0 Å². The SMILES string of the molecule is NC1CC(NC2CCCOC2)C1. The first kappa shape index (κ1) is 8.48. The van der Waals surface area contributed by atoms with Crippen molar-refractivity contribution in [3.8, 4) is 0 Å². The largest absolute Gasteiger partial charge is 0.380 e. The molecule has 1 saturated heterocycles. The second-order valence-electron chi connectivity index (χ2n) is 4.01. The molecular formula is C9H18N2O. The normalized spacial score (nSPS) is 42.2. The second kappa shape index (κ2) is 3.73. The highest BCUT2D eigenvalue weighted by molar-refractivity contribution is 4.90. The fourth-order valence-electron chi connectivity index (χ4n) is 2.00. The van der Waals surface area contributed by atoms with Crippen molar-refractivity contribution in [3.63, 3.8) is 0 Å². The lowest BCUT2D eigenvalue weighted by molar-refractivity contribution is 0.0603. The summed E-state index contributed by atoms with van der Waals surface area (Å²) >= 11 is 0. The maximum absolute atomic E-state index is 5.70. The van der Waals surface area contributed by atoms with Crippen molar-refractivity contribution in [2.45, 2.75) is 43.8 Å². The third-order valence-electron chi connectivity index (χ3n) is 2.81. The number of nitrogens with two attached hydrogens (primary N) is 1. The van der Waals surface area contributed by atoms with Crippen molar-refractivity contribution in [3.05, 3.63) is 0 Å². The van der Waals surface area contributed by atoms with Gasteiger partial charge in [-0.2, -0.15) is 0 Å².